The molecule has 5 nitrogen and oxygen atoms in total. The van der Waals surface area contributed by atoms with Gasteiger partial charge in [0.1, 0.15) is 0 Å². The Morgan fingerprint density at radius 3 is 2.88 bits per heavy atom. The summed E-state index contributed by atoms with van der Waals surface area (Å²) in [5, 5.41) is 3.16. The molecule has 0 saturated carbocycles. The zero-order valence-electron chi connectivity index (χ0n) is 9.31. The molecule has 92 valence electrons. The molecular weight excluding hydrogens is 228 g/mol. The summed E-state index contributed by atoms with van der Waals surface area (Å²) < 4.78 is 23.1. The van der Waals surface area contributed by atoms with Gasteiger partial charge >= 0.3 is 0 Å². The molecule has 2 aliphatic rings. The number of hydrogen-bond acceptors (Lipinski definition) is 4. The molecule has 0 bridgehead atoms. The molecule has 0 aliphatic carbocycles. The molecule has 0 aromatic carbocycles. The minimum absolute atomic E-state index is 0.0899. The fraction of sp³-hybridized carbons (Fsp3) is 0.900. The molecule has 0 spiro atoms. The first-order chi connectivity index (χ1) is 7.58. The number of nitrogens with zero attached hydrogens (tertiary/aromatic N) is 1. The van der Waals surface area contributed by atoms with Gasteiger partial charge in [-0.3, -0.25) is 4.79 Å². The lowest BCUT2D eigenvalue weighted by molar-refractivity contribution is -0.132. The number of carbonyl (C=O) groups is 1. The monoisotopic (exact) mass is 246 g/mol. The van der Waals surface area contributed by atoms with E-state index in [1.165, 1.54) is 0 Å². The van der Waals surface area contributed by atoms with E-state index < -0.39 is 9.84 Å². The maximum Gasteiger partial charge on any atom is 0.224 e. The van der Waals surface area contributed by atoms with E-state index in [2.05, 4.69) is 5.32 Å². The summed E-state index contributed by atoms with van der Waals surface area (Å²) in [4.78, 5) is 13.6. The van der Waals surface area contributed by atoms with E-state index in [0.717, 1.165) is 13.0 Å². The van der Waals surface area contributed by atoms with Gasteiger partial charge in [-0.25, -0.2) is 8.42 Å². The second kappa shape index (κ2) is 4.71. The van der Waals surface area contributed by atoms with Crippen molar-refractivity contribution >= 4 is 15.7 Å². The number of nitrogens with one attached hydrogen (secondary N) is 1. The molecule has 1 amide bonds. The fourth-order valence-corrected chi connectivity index (χ4v) is 4.12. The first kappa shape index (κ1) is 11.9. The normalized spacial score (nSPS) is 31.1. The molecule has 1 unspecified atom stereocenters. The van der Waals surface area contributed by atoms with E-state index in [4.69, 9.17) is 0 Å². The van der Waals surface area contributed by atoms with Crippen LogP contribution in [0.5, 0.6) is 0 Å². The Bertz CT molecular complexity index is 366. The third-order valence-electron chi connectivity index (χ3n) is 3.25. The summed E-state index contributed by atoms with van der Waals surface area (Å²) >= 11 is 0. The van der Waals surface area contributed by atoms with Crippen LogP contribution in [0.2, 0.25) is 0 Å². The van der Waals surface area contributed by atoms with E-state index in [9.17, 15) is 13.2 Å². The van der Waals surface area contributed by atoms with Gasteiger partial charge in [0, 0.05) is 32.1 Å². The molecule has 0 radical (unpaired) electrons. The van der Waals surface area contributed by atoms with Crippen LogP contribution in [0.1, 0.15) is 19.3 Å². The van der Waals surface area contributed by atoms with Crippen molar-refractivity contribution < 1.29 is 13.2 Å². The van der Waals surface area contributed by atoms with Crippen LogP contribution in [-0.2, 0) is 14.6 Å². The predicted molar refractivity (Wildman–Crippen MR) is 60.9 cm³/mol. The van der Waals surface area contributed by atoms with Gasteiger partial charge in [0.25, 0.3) is 0 Å². The molecule has 2 saturated heterocycles. The summed E-state index contributed by atoms with van der Waals surface area (Å²) in [6.45, 7) is 2.11. The predicted octanol–water partition coefficient (Wildman–Crippen LogP) is -0.614. The van der Waals surface area contributed by atoms with Crippen molar-refractivity contribution in [2.24, 2.45) is 0 Å². The molecular formula is C10H18N2O3S. The number of hydrogen-bond donors (Lipinski definition) is 1. The van der Waals surface area contributed by atoms with E-state index in [-0.39, 0.29) is 23.5 Å². The van der Waals surface area contributed by atoms with Gasteiger partial charge in [0.2, 0.25) is 5.91 Å². The first-order valence-electron chi connectivity index (χ1n) is 5.79. The molecule has 1 atom stereocenters. The number of rotatable bonds is 1. The second-order valence-corrected chi connectivity index (χ2v) is 6.73. The topological polar surface area (TPSA) is 66.5 Å². The van der Waals surface area contributed by atoms with Crippen molar-refractivity contribution in [2.75, 3.05) is 31.1 Å². The van der Waals surface area contributed by atoms with Gasteiger partial charge < -0.3 is 10.2 Å². The van der Waals surface area contributed by atoms with Crippen LogP contribution in [0.3, 0.4) is 0 Å². The summed E-state index contributed by atoms with van der Waals surface area (Å²) in [7, 11) is -2.93. The van der Waals surface area contributed by atoms with Crippen molar-refractivity contribution in [3.63, 3.8) is 0 Å². The minimum atomic E-state index is -2.93. The Labute approximate surface area is 96.1 Å². The van der Waals surface area contributed by atoms with E-state index in [1.807, 2.05) is 0 Å². The second-order valence-electron chi connectivity index (χ2n) is 4.50. The van der Waals surface area contributed by atoms with Crippen LogP contribution in [0.4, 0.5) is 0 Å². The lowest BCUT2D eigenvalue weighted by Crippen LogP contribution is -2.47. The number of carbonyl (C=O) groups excluding carboxylic acids is 1. The maximum atomic E-state index is 11.8. The van der Waals surface area contributed by atoms with Crippen LogP contribution < -0.4 is 5.32 Å². The Hall–Kier alpha value is -0.620. The highest BCUT2D eigenvalue weighted by molar-refractivity contribution is 7.91. The number of sulfone groups is 1. The summed E-state index contributed by atoms with van der Waals surface area (Å²) in [5.74, 6) is 0.523. The van der Waals surface area contributed by atoms with Gasteiger partial charge in [-0.1, -0.05) is 0 Å². The van der Waals surface area contributed by atoms with Crippen molar-refractivity contribution in [3.05, 3.63) is 0 Å². The van der Waals surface area contributed by atoms with Crippen molar-refractivity contribution in [1.29, 1.82) is 0 Å². The standard InChI is InChI=1S/C10H18N2O3S/c13-10-3-4-11-5-6-12(10)9-2-1-7-16(14,15)8-9/h9,11H,1-8H2. The summed E-state index contributed by atoms with van der Waals surface area (Å²) in [6, 6.07) is -0.0915. The molecule has 0 aromatic heterocycles. The van der Waals surface area contributed by atoms with Gasteiger partial charge in [0.15, 0.2) is 9.84 Å². The van der Waals surface area contributed by atoms with Gasteiger partial charge in [-0.05, 0) is 12.8 Å². The summed E-state index contributed by atoms with van der Waals surface area (Å²) in [6.07, 6.45) is 1.99. The first-order valence-corrected chi connectivity index (χ1v) is 7.61. The average Bonchev–Trinajstić information content (AvgIpc) is 2.41. The SMILES string of the molecule is O=C1CCNCCN1C1CCCS(=O)(=O)C1. The molecule has 2 aliphatic heterocycles. The highest BCUT2D eigenvalue weighted by atomic mass is 32.2. The molecule has 2 fully saturated rings. The molecule has 1 N–H and O–H groups in total. The third kappa shape index (κ3) is 2.74. The zero-order valence-corrected chi connectivity index (χ0v) is 10.1. The Balaban J connectivity index is 2.07. The van der Waals surface area contributed by atoms with Crippen LogP contribution in [-0.4, -0.2) is 56.4 Å². The number of amides is 1. The molecule has 6 heteroatoms. The van der Waals surface area contributed by atoms with Crippen LogP contribution in [0.15, 0.2) is 0 Å². The van der Waals surface area contributed by atoms with Crippen LogP contribution in [0.25, 0.3) is 0 Å². The minimum Gasteiger partial charge on any atom is -0.337 e. The van der Waals surface area contributed by atoms with Crippen LogP contribution in [0, 0.1) is 0 Å². The third-order valence-corrected chi connectivity index (χ3v) is 5.05. The lowest BCUT2D eigenvalue weighted by Gasteiger charge is -2.33. The van der Waals surface area contributed by atoms with Gasteiger partial charge in [0.05, 0.1) is 11.5 Å². The van der Waals surface area contributed by atoms with Crippen LogP contribution >= 0.6 is 0 Å². The largest absolute Gasteiger partial charge is 0.337 e. The lowest BCUT2D eigenvalue weighted by atomic mass is 10.1. The Kier molecular flexibility index (Phi) is 3.49. The fourth-order valence-electron chi connectivity index (χ4n) is 2.42. The van der Waals surface area contributed by atoms with Crippen molar-refractivity contribution in [1.82, 2.24) is 10.2 Å². The van der Waals surface area contributed by atoms with Gasteiger partial charge in [-0.2, -0.15) is 0 Å². The molecule has 0 aromatic rings. The highest BCUT2D eigenvalue weighted by Crippen LogP contribution is 2.18. The van der Waals surface area contributed by atoms with Gasteiger partial charge in [-0.15, -0.1) is 0 Å². The van der Waals surface area contributed by atoms with E-state index in [0.29, 0.717) is 25.9 Å². The average molecular weight is 246 g/mol. The van der Waals surface area contributed by atoms with Crippen molar-refractivity contribution in [3.8, 4) is 0 Å². The smallest absolute Gasteiger partial charge is 0.224 e. The zero-order chi connectivity index (χ0) is 11.6. The molecule has 2 heterocycles. The quantitative estimate of drug-likeness (QED) is 0.670. The molecule has 2 rings (SSSR count). The Morgan fingerprint density at radius 1 is 1.31 bits per heavy atom. The van der Waals surface area contributed by atoms with E-state index in [1.54, 1.807) is 4.90 Å². The Morgan fingerprint density at radius 2 is 2.12 bits per heavy atom. The summed E-state index contributed by atoms with van der Waals surface area (Å²) in [5.41, 5.74) is 0. The molecule has 16 heavy (non-hydrogen) atoms. The maximum absolute atomic E-state index is 11.8. The highest BCUT2D eigenvalue weighted by Gasteiger charge is 2.32. The van der Waals surface area contributed by atoms with Crippen molar-refractivity contribution in [2.45, 2.75) is 25.3 Å². The van der Waals surface area contributed by atoms with E-state index >= 15 is 0 Å².